The first-order valence-corrected chi connectivity index (χ1v) is 4.96. The van der Waals surface area contributed by atoms with Crippen molar-refractivity contribution < 1.29 is 4.79 Å². The van der Waals surface area contributed by atoms with Gasteiger partial charge in [0.2, 0.25) is 0 Å². The van der Waals surface area contributed by atoms with Crippen LogP contribution in [-0.4, -0.2) is 16.9 Å². The highest BCUT2D eigenvalue weighted by Crippen LogP contribution is 2.04. The van der Waals surface area contributed by atoms with Crippen LogP contribution in [0.15, 0.2) is 30.1 Å². The maximum Gasteiger partial charge on any atom is 0.262 e. The first-order valence-electron chi connectivity index (χ1n) is 4.96. The predicted molar refractivity (Wildman–Crippen MR) is 61.1 cm³/mol. The minimum atomic E-state index is -0.360. The Morgan fingerprint density at radius 3 is 2.88 bits per heavy atom. The minimum absolute atomic E-state index is 0.0122. The lowest BCUT2D eigenvalue weighted by atomic mass is 10.1. The zero-order valence-corrected chi connectivity index (χ0v) is 9.27. The molecule has 0 aliphatic rings. The number of aromatic nitrogens is 1. The van der Waals surface area contributed by atoms with E-state index in [0.717, 1.165) is 5.56 Å². The summed E-state index contributed by atoms with van der Waals surface area (Å²) >= 11 is 0. The molecule has 82 valence electrons. The van der Waals surface area contributed by atoms with Gasteiger partial charge in [0.25, 0.3) is 5.91 Å². The van der Waals surface area contributed by atoms with Crippen molar-refractivity contribution in [3.8, 4) is 6.07 Å². The van der Waals surface area contributed by atoms with E-state index in [4.69, 9.17) is 5.26 Å². The summed E-state index contributed by atoms with van der Waals surface area (Å²) < 4.78 is 0. The summed E-state index contributed by atoms with van der Waals surface area (Å²) in [7, 11) is 0. The number of nitriles is 1. The van der Waals surface area contributed by atoms with Crippen LogP contribution in [0.4, 0.5) is 0 Å². The molecular weight excluding hydrogens is 202 g/mol. The predicted octanol–water partition coefficient (Wildman–Crippen LogP) is 1.51. The van der Waals surface area contributed by atoms with Gasteiger partial charge in [0.15, 0.2) is 0 Å². The fraction of sp³-hybridized carbons (Fsp3) is 0.250. The smallest absolute Gasteiger partial charge is 0.262 e. The molecule has 1 aromatic rings. The molecule has 0 spiro atoms. The Labute approximate surface area is 94.6 Å². The quantitative estimate of drug-likeness (QED) is 0.614. The van der Waals surface area contributed by atoms with Crippen LogP contribution < -0.4 is 5.32 Å². The van der Waals surface area contributed by atoms with Crippen molar-refractivity contribution in [2.75, 3.05) is 0 Å². The molecule has 4 heteroatoms. The Balaban J connectivity index is 2.88. The van der Waals surface area contributed by atoms with E-state index in [-0.39, 0.29) is 17.5 Å². The van der Waals surface area contributed by atoms with Gasteiger partial charge in [-0.2, -0.15) is 5.26 Å². The van der Waals surface area contributed by atoms with Crippen molar-refractivity contribution >= 4 is 12.0 Å². The molecule has 0 saturated carbocycles. The van der Waals surface area contributed by atoms with Crippen molar-refractivity contribution in [3.05, 3.63) is 35.7 Å². The second-order valence-corrected chi connectivity index (χ2v) is 3.58. The van der Waals surface area contributed by atoms with Gasteiger partial charge in [-0.25, -0.2) is 0 Å². The van der Waals surface area contributed by atoms with Crippen LogP contribution in [0.2, 0.25) is 0 Å². The number of carbonyl (C=O) groups is 1. The summed E-state index contributed by atoms with van der Waals surface area (Å²) in [6, 6.07) is 5.43. The molecule has 1 rings (SSSR count). The lowest BCUT2D eigenvalue weighted by Gasteiger charge is -2.06. The maximum absolute atomic E-state index is 11.6. The highest BCUT2D eigenvalue weighted by atomic mass is 16.1. The number of amides is 1. The van der Waals surface area contributed by atoms with Crippen molar-refractivity contribution in [1.29, 1.82) is 5.26 Å². The lowest BCUT2D eigenvalue weighted by Crippen LogP contribution is -2.30. The molecule has 0 bridgehead atoms. The SMILES string of the molecule is CC(C)NC(=O)/C(C#N)=C\c1cccnc1. The number of hydrogen-bond acceptors (Lipinski definition) is 3. The third-order valence-electron chi connectivity index (χ3n) is 1.78. The number of carbonyl (C=O) groups excluding carboxylic acids is 1. The Morgan fingerprint density at radius 1 is 1.62 bits per heavy atom. The Kier molecular flexibility index (Phi) is 4.22. The van der Waals surface area contributed by atoms with Gasteiger partial charge in [-0.05, 0) is 31.6 Å². The summed E-state index contributed by atoms with van der Waals surface area (Å²) in [6.45, 7) is 3.69. The van der Waals surface area contributed by atoms with Gasteiger partial charge in [0.1, 0.15) is 11.6 Å². The first-order chi connectivity index (χ1) is 7.63. The first kappa shape index (κ1) is 11.9. The zero-order chi connectivity index (χ0) is 12.0. The molecule has 1 aromatic heterocycles. The third kappa shape index (κ3) is 3.54. The summed E-state index contributed by atoms with van der Waals surface area (Å²) in [5.74, 6) is -0.360. The fourth-order valence-corrected chi connectivity index (χ4v) is 1.12. The molecular formula is C12H13N3O. The average molecular weight is 215 g/mol. The minimum Gasteiger partial charge on any atom is -0.349 e. The summed E-state index contributed by atoms with van der Waals surface area (Å²) in [5, 5.41) is 11.5. The second kappa shape index (κ2) is 5.66. The monoisotopic (exact) mass is 215 g/mol. The molecule has 1 heterocycles. The van der Waals surface area contributed by atoms with Crippen LogP contribution in [-0.2, 0) is 4.79 Å². The Bertz CT molecular complexity index is 429. The van der Waals surface area contributed by atoms with E-state index in [2.05, 4.69) is 10.3 Å². The normalized spacial score (nSPS) is 11.0. The molecule has 0 aromatic carbocycles. The molecule has 0 radical (unpaired) electrons. The van der Waals surface area contributed by atoms with Crippen molar-refractivity contribution in [3.63, 3.8) is 0 Å². The molecule has 16 heavy (non-hydrogen) atoms. The molecule has 4 nitrogen and oxygen atoms in total. The second-order valence-electron chi connectivity index (χ2n) is 3.58. The molecule has 0 aliphatic heterocycles. The van der Waals surface area contributed by atoms with E-state index < -0.39 is 0 Å². The van der Waals surface area contributed by atoms with Crippen LogP contribution in [0.1, 0.15) is 19.4 Å². The van der Waals surface area contributed by atoms with Crippen LogP contribution in [0.3, 0.4) is 0 Å². The molecule has 0 aliphatic carbocycles. The van der Waals surface area contributed by atoms with E-state index in [0.29, 0.717) is 0 Å². The van der Waals surface area contributed by atoms with Crippen LogP contribution in [0, 0.1) is 11.3 Å². The van der Waals surface area contributed by atoms with Gasteiger partial charge in [-0.3, -0.25) is 9.78 Å². The van der Waals surface area contributed by atoms with Gasteiger partial charge in [0.05, 0.1) is 0 Å². The fourth-order valence-electron chi connectivity index (χ4n) is 1.12. The van der Waals surface area contributed by atoms with E-state index in [1.54, 1.807) is 24.5 Å². The highest BCUT2D eigenvalue weighted by Gasteiger charge is 2.09. The van der Waals surface area contributed by atoms with E-state index >= 15 is 0 Å². The number of nitrogens with one attached hydrogen (secondary N) is 1. The number of hydrogen-bond donors (Lipinski definition) is 1. The molecule has 1 N–H and O–H groups in total. The number of pyridine rings is 1. The van der Waals surface area contributed by atoms with Crippen LogP contribution in [0.25, 0.3) is 6.08 Å². The van der Waals surface area contributed by atoms with E-state index in [9.17, 15) is 4.79 Å². The molecule has 0 saturated heterocycles. The Hall–Kier alpha value is -2.15. The summed E-state index contributed by atoms with van der Waals surface area (Å²) in [6.07, 6.45) is 4.75. The topological polar surface area (TPSA) is 65.8 Å². The number of nitrogens with zero attached hydrogens (tertiary/aromatic N) is 2. The zero-order valence-electron chi connectivity index (χ0n) is 9.27. The van der Waals surface area contributed by atoms with E-state index in [1.807, 2.05) is 19.9 Å². The lowest BCUT2D eigenvalue weighted by molar-refractivity contribution is -0.117. The van der Waals surface area contributed by atoms with Crippen LogP contribution in [0.5, 0.6) is 0 Å². The van der Waals surface area contributed by atoms with Crippen molar-refractivity contribution in [2.45, 2.75) is 19.9 Å². The molecule has 0 atom stereocenters. The van der Waals surface area contributed by atoms with Gasteiger partial charge in [0, 0.05) is 18.4 Å². The van der Waals surface area contributed by atoms with Gasteiger partial charge in [-0.15, -0.1) is 0 Å². The number of rotatable bonds is 3. The summed E-state index contributed by atoms with van der Waals surface area (Å²) in [4.78, 5) is 15.5. The Morgan fingerprint density at radius 2 is 2.38 bits per heavy atom. The largest absolute Gasteiger partial charge is 0.349 e. The average Bonchev–Trinajstić information content (AvgIpc) is 2.26. The summed E-state index contributed by atoms with van der Waals surface area (Å²) in [5.41, 5.74) is 0.819. The van der Waals surface area contributed by atoms with Gasteiger partial charge < -0.3 is 5.32 Å². The van der Waals surface area contributed by atoms with Crippen molar-refractivity contribution in [1.82, 2.24) is 10.3 Å². The molecule has 0 fully saturated rings. The van der Waals surface area contributed by atoms with E-state index in [1.165, 1.54) is 6.08 Å². The van der Waals surface area contributed by atoms with Gasteiger partial charge in [-0.1, -0.05) is 6.07 Å². The van der Waals surface area contributed by atoms with Crippen LogP contribution >= 0.6 is 0 Å². The van der Waals surface area contributed by atoms with Crippen molar-refractivity contribution in [2.24, 2.45) is 0 Å². The third-order valence-corrected chi connectivity index (χ3v) is 1.78. The molecule has 0 unspecified atom stereocenters. The molecule has 1 amide bonds. The standard InChI is InChI=1S/C12H13N3O/c1-9(2)15-12(16)11(7-13)6-10-4-3-5-14-8-10/h3-6,8-9H,1-2H3,(H,15,16)/b11-6-. The maximum atomic E-state index is 11.6. The highest BCUT2D eigenvalue weighted by molar-refractivity contribution is 6.01. The van der Waals surface area contributed by atoms with Gasteiger partial charge >= 0.3 is 0 Å².